The molecule has 0 unspecified atom stereocenters. The van der Waals surface area contributed by atoms with Crippen molar-refractivity contribution in [2.45, 2.75) is 19.9 Å². The molecule has 4 heteroatoms. The van der Waals surface area contributed by atoms with Crippen molar-refractivity contribution in [1.29, 1.82) is 0 Å². The minimum atomic E-state index is -0.372. The minimum absolute atomic E-state index is 0.372. The van der Waals surface area contributed by atoms with Gasteiger partial charge in [0.25, 0.3) is 0 Å². The Labute approximate surface area is 125 Å². The van der Waals surface area contributed by atoms with Gasteiger partial charge in [-0.25, -0.2) is 4.79 Å². The Morgan fingerprint density at radius 1 is 1.10 bits per heavy atom. The number of carbonyl (C=O) groups is 1. The van der Waals surface area contributed by atoms with Gasteiger partial charge in [-0.05, 0) is 36.2 Å². The Morgan fingerprint density at radius 3 is 2.33 bits per heavy atom. The molecule has 2 aromatic carbocycles. The molecule has 0 atom stereocenters. The lowest BCUT2D eigenvalue weighted by atomic mass is 10.2. The third-order valence-corrected chi connectivity index (χ3v) is 3.10. The van der Waals surface area contributed by atoms with Crippen molar-refractivity contribution >= 4 is 11.8 Å². The number of nitrogens with two attached hydrogens (primary N) is 1. The van der Waals surface area contributed by atoms with Crippen LogP contribution >= 0.6 is 0 Å². The van der Waals surface area contributed by atoms with Gasteiger partial charge in [-0.1, -0.05) is 37.3 Å². The molecule has 2 aromatic rings. The second kappa shape index (κ2) is 7.45. The van der Waals surface area contributed by atoms with Crippen LogP contribution in [0.5, 0.6) is 5.75 Å². The summed E-state index contributed by atoms with van der Waals surface area (Å²) in [4.78, 5) is 14.0. The van der Waals surface area contributed by atoms with E-state index in [1.54, 1.807) is 17.0 Å². The Bertz CT molecular complexity index is 567. The van der Waals surface area contributed by atoms with E-state index < -0.39 is 0 Å². The van der Waals surface area contributed by atoms with Crippen LogP contribution in [0.2, 0.25) is 0 Å². The van der Waals surface area contributed by atoms with Crippen LogP contribution < -0.4 is 15.4 Å². The third kappa shape index (κ3) is 4.07. The summed E-state index contributed by atoms with van der Waals surface area (Å²) in [6.45, 7) is 3.12. The molecule has 2 rings (SSSR count). The first-order valence-electron chi connectivity index (χ1n) is 7.08. The van der Waals surface area contributed by atoms with Crippen molar-refractivity contribution in [2.24, 2.45) is 5.73 Å². The monoisotopic (exact) mass is 284 g/mol. The summed E-state index contributed by atoms with van der Waals surface area (Å²) in [7, 11) is 0. The van der Waals surface area contributed by atoms with Gasteiger partial charge in [0.15, 0.2) is 0 Å². The predicted octanol–water partition coefficient (Wildman–Crippen LogP) is 3.56. The molecule has 0 fully saturated rings. The second-order valence-corrected chi connectivity index (χ2v) is 4.70. The Kier molecular flexibility index (Phi) is 5.35. The number of nitrogens with zero attached hydrogens (tertiary/aromatic N) is 1. The fourth-order valence-corrected chi connectivity index (χ4v) is 2.01. The van der Waals surface area contributed by atoms with E-state index in [9.17, 15) is 4.79 Å². The van der Waals surface area contributed by atoms with E-state index in [2.05, 4.69) is 0 Å². The van der Waals surface area contributed by atoms with Gasteiger partial charge in [-0.15, -0.1) is 0 Å². The standard InChI is InChI=1S/C17H20N2O2/c1-2-12-19(15-10-8-14(13-18)9-11-15)17(20)21-16-6-4-3-5-7-16/h3-11H,2,12-13,18H2,1H3. The second-order valence-electron chi connectivity index (χ2n) is 4.70. The first-order valence-corrected chi connectivity index (χ1v) is 7.08. The fourth-order valence-electron chi connectivity index (χ4n) is 2.01. The molecule has 0 saturated carbocycles. The molecule has 0 aliphatic rings. The number of anilines is 1. The van der Waals surface area contributed by atoms with E-state index in [1.807, 2.05) is 49.4 Å². The first kappa shape index (κ1) is 15.1. The summed E-state index contributed by atoms with van der Waals surface area (Å²) in [6.07, 6.45) is 0.478. The van der Waals surface area contributed by atoms with Gasteiger partial charge in [0.2, 0.25) is 0 Å². The summed E-state index contributed by atoms with van der Waals surface area (Å²) in [5.41, 5.74) is 7.44. The van der Waals surface area contributed by atoms with Gasteiger partial charge < -0.3 is 10.5 Å². The zero-order chi connectivity index (χ0) is 15.1. The average Bonchev–Trinajstić information content (AvgIpc) is 2.53. The van der Waals surface area contributed by atoms with Crippen molar-refractivity contribution in [3.63, 3.8) is 0 Å². The molecular weight excluding hydrogens is 264 g/mol. The summed E-state index contributed by atoms with van der Waals surface area (Å²) in [6, 6.07) is 16.7. The van der Waals surface area contributed by atoms with Crippen molar-refractivity contribution in [3.05, 3.63) is 60.2 Å². The number of hydrogen-bond acceptors (Lipinski definition) is 3. The van der Waals surface area contributed by atoms with E-state index in [1.165, 1.54) is 0 Å². The summed E-state index contributed by atoms with van der Waals surface area (Å²) in [5, 5.41) is 0. The highest BCUT2D eigenvalue weighted by Crippen LogP contribution is 2.18. The highest BCUT2D eigenvalue weighted by atomic mass is 16.6. The Balaban J connectivity index is 2.15. The van der Waals surface area contributed by atoms with E-state index >= 15 is 0 Å². The van der Waals surface area contributed by atoms with Crippen LogP contribution in [-0.4, -0.2) is 12.6 Å². The molecule has 0 bridgehead atoms. The van der Waals surface area contributed by atoms with Crippen LogP contribution in [-0.2, 0) is 6.54 Å². The van der Waals surface area contributed by atoms with Crippen LogP contribution in [0.1, 0.15) is 18.9 Å². The van der Waals surface area contributed by atoms with Crippen molar-refractivity contribution in [3.8, 4) is 5.75 Å². The zero-order valence-electron chi connectivity index (χ0n) is 12.2. The average molecular weight is 284 g/mol. The van der Waals surface area contributed by atoms with E-state index in [-0.39, 0.29) is 6.09 Å². The SMILES string of the molecule is CCCN(C(=O)Oc1ccccc1)c1ccc(CN)cc1. The lowest BCUT2D eigenvalue weighted by Gasteiger charge is -2.21. The lowest BCUT2D eigenvalue weighted by molar-refractivity contribution is 0.207. The summed E-state index contributed by atoms with van der Waals surface area (Å²) < 4.78 is 5.40. The van der Waals surface area contributed by atoms with Gasteiger partial charge in [-0.3, -0.25) is 4.90 Å². The molecular formula is C17H20N2O2. The number of benzene rings is 2. The van der Waals surface area contributed by atoms with Gasteiger partial charge in [-0.2, -0.15) is 0 Å². The van der Waals surface area contributed by atoms with Crippen molar-refractivity contribution in [1.82, 2.24) is 0 Å². The summed E-state index contributed by atoms with van der Waals surface area (Å²) in [5.74, 6) is 0.544. The quantitative estimate of drug-likeness (QED) is 0.913. The number of rotatable bonds is 5. The van der Waals surface area contributed by atoms with Crippen LogP contribution in [0, 0.1) is 0 Å². The number of hydrogen-bond donors (Lipinski definition) is 1. The number of carbonyl (C=O) groups excluding carboxylic acids is 1. The molecule has 0 aliphatic carbocycles. The molecule has 0 heterocycles. The third-order valence-electron chi connectivity index (χ3n) is 3.10. The van der Waals surface area contributed by atoms with Crippen LogP contribution in [0.3, 0.4) is 0 Å². The Morgan fingerprint density at radius 2 is 1.76 bits per heavy atom. The fraction of sp³-hybridized carbons (Fsp3) is 0.235. The zero-order valence-corrected chi connectivity index (χ0v) is 12.2. The first-order chi connectivity index (χ1) is 10.2. The van der Waals surface area contributed by atoms with Crippen molar-refractivity contribution in [2.75, 3.05) is 11.4 Å². The van der Waals surface area contributed by atoms with Gasteiger partial charge >= 0.3 is 6.09 Å². The largest absolute Gasteiger partial charge is 0.419 e. The topological polar surface area (TPSA) is 55.6 Å². The highest BCUT2D eigenvalue weighted by Gasteiger charge is 2.17. The molecule has 0 spiro atoms. The predicted molar refractivity (Wildman–Crippen MR) is 84.4 cm³/mol. The molecule has 0 saturated heterocycles. The maximum Gasteiger partial charge on any atom is 0.419 e. The van der Waals surface area contributed by atoms with E-state index in [0.717, 1.165) is 17.7 Å². The number of ether oxygens (including phenoxy) is 1. The van der Waals surface area contributed by atoms with Crippen LogP contribution in [0.15, 0.2) is 54.6 Å². The van der Waals surface area contributed by atoms with Gasteiger partial charge in [0.05, 0.1) is 0 Å². The minimum Gasteiger partial charge on any atom is -0.410 e. The van der Waals surface area contributed by atoms with Gasteiger partial charge in [0.1, 0.15) is 5.75 Å². The van der Waals surface area contributed by atoms with E-state index in [4.69, 9.17) is 10.5 Å². The maximum absolute atomic E-state index is 12.3. The van der Waals surface area contributed by atoms with Crippen LogP contribution in [0.25, 0.3) is 0 Å². The molecule has 2 N–H and O–H groups in total. The molecule has 4 nitrogen and oxygen atoms in total. The smallest absolute Gasteiger partial charge is 0.410 e. The normalized spacial score (nSPS) is 10.2. The lowest BCUT2D eigenvalue weighted by Crippen LogP contribution is -2.34. The summed E-state index contributed by atoms with van der Waals surface area (Å²) >= 11 is 0. The molecule has 0 radical (unpaired) electrons. The molecule has 110 valence electrons. The molecule has 21 heavy (non-hydrogen) atoms. The molecule has 0 aliphatic heterocycles. The number of para-hydroxylation sites is 1. The number of amides is 1. The molecule has 1 amide bonds. The maximum atomic E-state index is 12.3. The highest BCUT2D eigenvalue weighted by molar-refractivity contribution is 5.89. The van der Waals surface area contributed by atoms with Crippen LogP contribution in [0.4, 0.5) is 10.5 Å². The van der Waals surface area contributed by atoms with E-state index in [0.29, 0.717) is 18.8 Å². The van der Waals surface area contributed by atoms with Gasteiger partial charge in [0, 0.05) is 18.8 Å². The Hall–Kier alpha value is -2.33. The molecule has 0 aromatic heterocycles. The van der Waals surface area contributed by atoms with Crippen molar-refractivity contribution < 1.29 is 9.53 Å².